The van der Waals surface area contributed by atoms with Crippen LogP contribution in [0.4, 0.5) is 4.39 Å². The molecule has 0 fully saturated rings. The second-order valence-electron chi connectivity index (χ2n) is 4.07. The predicted octanol–water partition coefficient (Wildman–Crippen LogP) is 1.90. The van der Waals surface area contributed by atoms with Gasteiger partial charge in [-0.3, -0.25) is 4.79 Å². The zero-order valence-electron chi connectivity index (χ0n) is 10.7. The fourth-order valence-electron chi connectivity index (χ4n) is 1.58. The Kier molecular flexibility index (Phi) is 8.33. The third-order valence-electron chi connectivity index (χ3n) is 2.41. The molecule has 3 nitrogen and oxygen atoms in total. The minimum atomic E-state index is -0.309. The molecule has 0 spiro atoms. The molecule has 0 saturated carbocycles. The summed E-state index contributed by atoms with van der Waals surface area (Å²) in [4.78, 5) is 11.6. The lowest BCUT2D eigenvalue weighted by Crippen LogP contribution is -2.39. The lowest BCUT2D eigenvalue weighted by molar-refractivity contribution is -0.120. The van der Waals surface area contributed by atoms with Crippen LogP contribution in [0.25, 0.3) is 0 Å². The second kappa shape index (κ2) is 8.89. The van der Waals surface area contributed by atoms with Crippen LogP contribution in [-0.2, 0) is 11.2 Å². The van der Waals surface area contributed by atoms with E-state index in [9.17, 15) is 9.18 Å². The molecule has 18 heavy (non-hydrogen) atoms. The average molecular weight is 275 g/mol. The summed E-state index contributed by atoms with van der Waals surface area (Å²) >= 11 is 0. The Labute approximate surface area is 114 Å². The monoisotopic (exact) mass is 274 g/mol. The molecule has 1 amide bonds. The van der Waals surface area contributed by atoms with Crippen molar-refractivity contribution in [2.45, 2.75) is 26.3 Å². The van der Waals surface area contributed by atoms with Gasteiger partial charge in [-0.1, -0.05) is 19.1 Å². The molecular weight excluding hydrogens is 255 g/mol. The van der Waals surface area contributed by atoms with Gasteiger partial charge in [0.2, 0.25) is 5.91 Å². The van der Waals surface area contributed by atoms with Gasteiger partial charge in [-0.05, 0) is 31.2 Å². The Hall–Kier alpha value is -1.13. The Morgan fingerprint density at radius 2 is 2.17 bits per heavy atom. The van der Waals surface area contributed by atoms with Crippen LogP contribution in [0.3, 0.4) is 0 Å². The van der Waals surface area contributed by atoms with Gasteiger partial charge in [0, 0.05) is 12.6 Å². The van der Waals surface area contributed by atoms with Crippen LogP contribution in [0.15, 0.2) is 24.3 Å². The SMILES string of the molecule is CCN[C@H](C)CNC(=O)Cc1cccc(F)c1.Cl. The first-order valence-corrected chi connectivity index (χ1v) is 5.86. The summed E-state index contributed by atoms with van der Waals surface area (Å²) < 4.78 is 12.9. The van der Waals surface area contributed by atoms with Gasteiger partial charge in [0.1, 0.15) is 5.82 Å². The van der Waals surface area contributed by atoms with Crippen LogP contribution < -0.4 is 10.6 Å². The predicted molar refractivity (Wildman–Crippen MR) is 73.5 cm³/mol. The van der Waals surface area contributed by atoms with Crippen molar-refractivity contribution in [3.8, 4) is 0 Å². The summed E-state index contributed by atoms with van der Waals surface area (Å²) in [7, 11) is 0. The Morgan fingerprint density at radius 3 is 2.78 bits per heavy atom. The highest BCUT2D eigenvalue weighted by Crippen LogP contribution is 2.03. The van der Waals surface area contributed by atoms with Crippen molar-refractivity contribution in [2.75, 3.05) is 13.1 Å². The molecule has 102 valence electrons. The molecule has 0 aliphatic carbocycles. The van der Waals surface area contributed by atoms with Gasteiger partial charge in [0.05, 0.1) is 6.42 Å². The van der Waals surface area contributed by atoms with E-state index in [0.717, 1.165) is 6.54 Å². The number of carbonyl (C=O) groups excluding carboxylic acids is 1. The standard InChI is InChI=1S/C13H19FN2O.ClH/c1-3-15-10(2)9-16-13(17)8-11-5-4-6-12(14)7-11;/h4-7,10,15H,3,8-9H2,1-2H3,(H,16,17);1H/t10-;/m1./s1. The van der Waals surface area contributed by atoms with Crippen molar-refractivity contribution in [2.24, 2.45) is 0 Å². The van der Waals surface area contributed by atoms with Gasteiger partial charge in [-0.15, -0.1) is 12.4 Å². The molecule has 0 radical (unpaired) electrons. The third kappa shape index (κ3) is 6.57. The van der Waals surface area contributed by atoms with Gasteiger partial charge in [0.25, 0.3) is 0 Å². The van der Waals surface area contributed by atoms with Gasteiger partial charge >= 0.3 is 0 Å². The molecule has 0 aromatic heterocycles. The fourth-order valence-corrected chi connectivity index (χ4v) is 1.58. The van der Waals surface area contributed by atoms with E-state index in [1.165, 1.54) is 12.1 Å². The Balaban J connectivity index is 0.00000289. The van der Waals surface area contributed by atoms with Crippen molar-refractivity contribution in [1.82, 2.24) is 10.6 Å². The van der Waals surface area contributed by atoms with Crippen molar-refractivity contribution in [3.63, 3.8) is 0 Å². The summed E-state index contributed by atoms with van der Waals surface area (Å²) in [5.41, 5.74) is 0.693. The highest BCUT2D eigenvalue weighted by molar-refractivity contribution is 5.85. The maximum absolute atomic E-state index is 12.9. The molecular formula is C13H20ClFN2O. The van der Waals surface area contributed by atoms with Crippen molar-refractivity contribution in [1.29, 1.82) is 0 Å². The van der Waals surface area contributed by atoms with E-state index in [-0.39, 0.29) is 36.6 Å². The van der Waals surface area contributed by atoms with E-state index in [1.54, 1.807) is 12.1 Å². The maximum Gasteiger partial charge on any atom is 0.224 e. The number of nitrogens with one attached hydrogen (secondary N) is 2. The summed E-state index contributed by atoms with van der Waals surface area (Å²) in [5.74, 6) is -0.392. The maximum atomic E-state index is 12.9. The number of rotatable bonds is 6. The highest BCUT2D eigenvalue weighted by atomic mass is 35.5. The first-order valence-electron chi connectivity index (χ1n) is 5.86. The molecule has 0 heterocycles. The van der Waals surface area contributed by atoms with Crippen molar-refractivity contribution in [3.05, 3.63) is 35.6 Å². The van der Waals surface area contributed by atoms with Crippen LogP contribution in [0.1, 0.15) is 19.4 Å². The van der Waals surface area contributed by atoms with Crippen molar-refractivity contribution >= 4 is 18.3 Å². The number of hydrogen-bond donors (Lipinski definition) is 2. The fraction of sp³-hybridized carbons (Fsp3) is 0.462. The molecule has 2 N–H and O–H groups in total. The average Bonchev–Trinajstić information content (AvgIpc) is 2.27. The van der Waals surface area contributed by atoms with E-state index >= 15 is 0 Å². The molecule has 0 aliphatic heterocycles. The molecule has 1 aromatic carbocycles. The number of amides is 1. The third-order valence-corrected chi connectivity index (χ3v) is 2.41. The minimum Gasteiger partial charge on any atom is -0.354 e. The summed E-state index contributed by atoms with van der Waals surface area (Å²) in [6.45, 7) is 5.49. The van der Waals surface area contributed by atoms with Crippen LogP contribution in [-0.4, -0.2) is 25.0 Å². The molecule has 1 aromatic rings. The first-order chi connectivity index (χ1) is 8.11. The second-order valence-corrected chi connectivity index (χ2v) is 4.07. The summed E-state index contributed by atoms with van der Waals surface area (Å²) in [6, 6.07) is 6.36. The molecule has 0 saturated heterocycles. The molecule has 5 heteroatoms. The summed E-state index contributed by atoms with van der Waals surface area (Å²) in [6.07, 6.45) is 0.219. The van der Waals surface area contributed by atoms with Crippen LogP contribution >= 0.6 is 12.4 Å². The van der Waals surface area contributed by atoms with Crippen LogP contribution in [0.5, 0.6) is 0 Å². The van der Waals surface area contributed by atoms with E-state index in [1.807, 2.05) is 13.8 Å². The largest absolute Gasteiger partial charge is 0.354 e. The van der Waals surface area contributed by atoms with Crippen LogP contribution in [0.2, 0.25) is 0 Å². The van der Waals surface area contributed by atoms with Gasteiger partial charge in [0.15, 0.2) is 0 Å². The van der Waals surface area contributed by atoms with Crippen molar-refractivity contribution < 1.29 is 9.18 Å². The van der Waals surface area contributed by atoms with E-state index in [4.69, 9.17) is 0 Å². The topological polar surface area (TPSA) is 41.1 Å². The normalized spacial score (nSPS) is 11.5. The Bertz CT molecular complexity index is 374. The smallest absolute Gasteiger partial charge is 0.224 e. The summed E-state index contributed by atoms with van der Waals surface area (Å²) in [5, 5.41) is 6.01. The number of halogens is 2. The molecule has 1 rings (SSSR count). The number of benzene rings is 1. The number of hydrogen-bond acceptors (Lipinski definition) is 2. The lowest BCUT2D eigenvalue weighted by atomic mass is 10.1. The highest BCUT2D eigenvalue weighted by Gasteiger charge is 2.06. The molecule has 1 atom stereocenters. The quantitative estimate of drug-likeness (QED) is 0.832. The van der Waals surface area contributed by atoms with E-state index in [0.29, 0.717) is 12.1 Å². The zero-order chi connectivity index (χ0) is 12.7. The van der Waals surface area contributed by atoms with E-state index < -0.39 is 0 Å². The molecule has 0 aliphatic rings. The number of carbonyl (C=O) groups is 1. The Morgan fingerprint density at radius 1 is 1.44 bits per heavy atom. The lowest BCUT2D eigenvalue weighted by Gasteiger charge is -2.13. The molecule has 0 bridgehead atoms. The number of likely N-dealkylation sites (N-methyl/N-ethyl adjacent to an activating group) is 1. The van der Waals surface area contributed by atoms with Gasteiger partial charge < -0.3 is 10.6 Å². The first kappa shape index (κ1) is 16.9. The van der Waals surface area contributed by atoms with Crippen LogP contribution in [0, 0.1) is 5.82 Å². The molecule has 0 unspecified atom stereocenters. The minimum absolute atomic E-state index is 0. The van der Waals surface area contributed by atoms with Gasteiger partial charge in [-0.25, -0.2) is 4.39 Å². The van der Waals surface area contributed by atoms with Gasteiger partial charge in [-0.2, -0.15) is 0 Å². The van der Waals surface area contributed by atoms with E-state index in [2.05, 4.69) is 10.6 Å². The zero-order valence-corrected chi connectivity index (χ0v) is 11.5.